The van der Waals surface area contributed by atoms with E-state index in [1.807, 2.05) is 26.0 Å². The molecule has 4 unspecified atom stereocenters. The number of hydrogen-bond donors (Lipinski definition) is 0. The highest BCUT2D eigenvalue weighted by atomic mass is 14.2. The maximum atomic E-state index is 2.38. The smallest absolute Gasteiger partial charge is 0.0322 e. The number of aryl methyl sites for hydroxylation is 2. The van der Waals surface area contributed by atoms with Gasteiger partial charge in [-0.05, 0) is 75.3 Å². The average Bonchev–Trinajstić information content (AvgIpc) is 2.70. The summed E-state index contributed by atoms with van der Waals surface area (Å²) in [5.41, 5.74) is 2.74. The van der Waals surface area contributed by atoms with Gasteiger partial charge in [-0.2, -0.15) is 0 Å². The Morgan fingerprint density at radius 1 is 0.643 bits per heavy atom. The van der Waals surface area contributed by atoms with Crippen molar-refractivity contribution in [3.05, 3.63) is 59.7 Å². The summed E-state index contributed by atoms with van der Waals surface area (Å²) in [6.07, 6.45) is 17.1. The molecule has 2 aliphatic rings. The Bertz CT molecular complexity index is 490. The molecule has 0 nitrogen and oxygen atoms in total. The van der Waals surface area contributed by atoms with Gasteiger partial charge in [0.25, 0.3) is 0 Å². The van der Waals surface area contributed by atoms with Gasteiger partial charge in [-0.15, -0.1) is 0 Å². The molecule has 0 saturated heterocycles. The van der Waals surface area contributed by atoms with Crippen molar-refractivity contribution in [3.8, 4) is 0 Å². The molecule has 1 aromatic carbocycles. The Balaban J connectivity index is 0.000000358. The third-order valence-electron chi connectivity index (χ3n) is 6.45. The summed E-state index contributed by atoms with van der Waals surface area (Å²) in [4.78, 5) is 0. The van der Waals surface area contributed by atoms with Crippen molar-refractivity contribution in [2.24, 2.45) is 23.7 Å². The number of rotatable bonds is 0. The van der Waals surface area contributed by atoms with Gasteiger partial charge in [0.1, 0.15) is 0 Å². The highest BCUT2D eigenvalue weighted by Gasteiger charge is 2.15. The van der Waals surface area contributed by atoms with E-state index in [-0.39, 0.29) is 0 Å². The molecule has 1 aromatic rings. The molecular weight excluding hydrogens is 336 g/mol. The summed E-state index contributed by atoms with van der Waals surface area (Å²) in [5, 5.41) is 0. The quantitative estimate of drug-likeness (QED) is 0.391. The summed E-state index contributed by atoms with van der Waals surface area (Å²) in [7, 11) is 0. The highest BCUT2D eigenvalue weighted by molar-refractivity contribution is 5.23. The Morgan fingerprint density at radius 3 is 1.21 bits per heavy atom. The maximum Gasteiger partial charge on any atom is -0.0322 e. The fourth-order valence-corrected chi connectivity index (χ4v) is 3.25. The van der Waals surface area contributed by atoms with Crippen molar-refractivity contribution in [1.29, 1.82) is 0 Å². The Hall–Kier alpha value is -1.30. The maximum absolute atomic E-state index is 2.38. The topological polar surface area (TPSA) is 0 Å². The van der Waals surface area contributed by atoms with E-state index in [2.05, 4.69) is 78.0 Å². The first-order valence-corrected chi connectivity index (χ1v) is 11.6. The van der Waals surface area contributed by atoms with Crippen LogP contribution in [0.1, 0.15) is 91.2 Å². The second-order valence-corrected chi connectivity index (χ2v) is 8.89. The van der Waals surface area contributed by atoms with Crippen molar-refractivity contribution < 1.29 is 0 Å². The van der Waals surface area contributed by atoms with E-state index < -0.39 is 0 Å². The minimum Gasteiger partial charge on any atom is -0.0919 e. The lowest BCUT2D eigenvalue weighted by Gasteiger charge is -2.24. The van der Waals surface area contributed by atoms with Crippen LogP contribution in [-0.4, -0.2) is 0 Å². The Labute approximate surface area is 177 Å². The molecule has 0 spiro atoms. The first-order chi connectivity index (χ1) is 13.3. The minimum atomic E-state index is 0.917. The van der Waals surface area contributed by atoms with Gasteiger partial charge in [0.2, 0.25) is 0 Å². The lowest BCUT2D eigenvalue weighted by molar-refractivity contribution is 0.277. The van der Waals surface area contributed by atoms with E-state index >= 15 is 0 Å². The molecule has 3 rings (SSSR count). The van der Waals surface area contributed by atoms with E-state index in [0.29, 0.717) is 0 Å². The SMILES string of the molecule is CC1CC=CCC1C.CC1CCCCC1C.CC=CC.Cc1ccccc1C. The van der Waals surface area contributed by atoms with Crippen LogP contribution in [0.3, 0.4) is 0 Å². The lowest BCUT2D eigenvalue weighted by atomic mass is 9.82. The van der Waals surface area contributed by atoms with Gasteiger partial charge in [-0.25, -0.2) is 0 Å². The fraction of sp³-hybridized carbons (Fsp3) is 0.643. The predicted molar refractivity (Wildman–Crippen MR) is 130 cm³/mol. The van der Waals surface area contributed by atoms with Crippen molar-refractivity contribution in [1.82, 2.24) is 0 Å². The highest BCUT2D eigenvalue weighted by Crippen LogP contribution is 2.28. The number of allylic oxidation sites excluding steroid dienone is 4. The first kappa shape index (κ1) is 26.7. The van der Waals surface area contributed by atoms with Gasteiger partial charge in [0.05, 0.1) is 0 Å². The van der Waals surface area contributed by atoms with Crippen LogP contribution in [-0.2, 0) is 0 Å². The molecule has 2 aliphatic carbocycles. The largest absolute Gasteiger partial charge is 0.0919 e. The number of hydrogen-bond acceptors (Lipinski definition) is 0. The van der Waals surface area contributed by atoms with Crippen LogP contribution < -0.4 is 0 Å². The Kier molecular flexibility index (Phi) is 15.9. The van der Waals surface area contributed by atoms with E-state index in [4.69, 9.17) is 0 Å². The standard InChI is InChI=1S/C8H16.C8H14.C8H10.C4H8/c3*1-7-5-3-4-6-8(7)2;1-3-4-2/h7-8H,3-6H2,1-2H3;3-4,7-8H,5-6H2,1-2H3;3-6H,1-2H3;3-4H,1-2H3. The van der Waals surface area contributed by atoms with Gasteiger partial charge in [-0.1, -0.05) is 102 Å². The average molecular weight is 385 g/mol. The molecule has 0 aliphatic heterocycles. The molecule has 4 atom stereocenters. The van der Waals surface area contributed by atoms with E-state index in [9.17, 15) is 0 Å². The Morgan fingerprint density at radius 2 is 1.00 bits per heavy atom. The summed E-state index contributed by atoms with van der Waals surface area (Å²) in [5.74, 6) is 3.84. The van der Waals surface area contributed by atoms with Crippen LogP contribution >= 0.6 is 0 Å². The second-order valence-electron chi connectivity index (χ2n) is 8.89. The summed E-state index contributed by atoms with van der Waals surface area (Å²) < 4.78 is 0. The van der Waals surface area contributed by atoms with Gasteiger partial charge in [-0.3, -0.25) is 0 Å². The van der Waals surface area contributed by atoms with Crippen LogP contribution in [0.15, 0.2) is 48.6 Å². The monoisotopic (exact) mass is 384 g/mol. The van der Waals surface area contributed by atoms with Crippen molar-refractivity contribution in [2.45, 2.75) is 93.9 Å². The van der Waals surface area contributed by atoms with Crippen LogP contribution in [0, 0.1) is 37.5 Å². The zero-order valence-electron chi connectivity index (χ0n) is 20.2. The molecule has 28 heavy (non-hydrogen) atoms. The van der Waals surface area contributed by atoms with Crippen molar-refractivity contribution in [3.63, 3.8) is 0 Å². The predicted octanol–water partition coefficient (Wildman–Crippen LogP) is 9.33. The van der Waals surface area contributed by atoms with Gasteiger partial charge >= 0.3 is 0 Å². The molecule has 0 radical (unpaired) electrons. The molecule has 0 bridgehead atoms. The molecule has 0 heterocycles. The van der Waals surface area contributed by atoms with Crippen LogP contribution in [0.25, 0.3) is 0 Å². The molecule has 0 aromatic heterocycles. The minimum absolute atomic E-state index is 0.917. The molecule has 0 N–H and O–H groups in total. The van der Waals surface area contributed by atoms with Crippen LogP contribution in [0.5, 0.6) is 0 Å². The zero-order valence-corrected chi connectivity index (χ0v) is 20.2. The number of benzene rings is 1. The van der Waals surface area contributed by atoms with E-state index in [1.165, 1.54) is 49.7 Å². The summed E-state index contributed by atoms with van der Waals surface area (Å²) >= 11 is 0. The second kappa shape index (κ2) is 16.6. The zero-order chi connectivity index (χ0) is 21.4. The van der Waals surface area contributed by atoms with Crippen LogP contribution in [0.4, 0.5) is 0 Å². The molecular formula is C28H48. The molecule has 0 amide bonds. The molecule has 160 valence electrons. The van der Waals surface area contributed by atoms with Gasteiger partial charge < -0.3 is 0 Å². The van der Waals surface area contributed by atoms with E-state index in [0.717, 1.165) is 23.7 Å². The molecule has 1 saturated carbocycles. The van der Waals surface area contributed by atoms with Crippen LogP contribution in [0.2, 0.25) is 0 Å². The third kappa shape index (κ3) is 13.0. The normalized spacial score (nSPS) is 26.1. The third-order valence-corrected chi connectivity index (χ3v) is 6.45. The molecule has 0 heteroatoms. The lowest BCUT2D eigenvalue weighted by Crippen LogP contribution is -2.12. The van der Waals surface area contributed by atoms with E-state index in [1.54, 1.807) is 0 Å². The fourth-order valence-electron chi connectivity index (χ4n) is 3.25. The first-order valence-electron chi connectivity index (χ1n) is 11.6. The van der Waals surface area contributed by atoms with Crippen molar-refractivity contribution in [2.75, 3.05) is 0 Å². The summed E-state index contributed by atoms with van der Waals surface area (Å²) in [6, 6.07) is 8.36. The van der Waals surface area contributed by atoms with Gasteiger partial charge in [0, 0.05) is 0 Å². The van der Waals surface area contributed by atoms with Crippen molar-refractivity contribution >= 4 is 0 Å². The molecule has 1 fully saturated rings. The summed E-state index contributed by atoms with van der Waals surface area (Å²) in [6.45, 7) is 17.7. The van der Waals surface area contributed by atoms with Gasteiger partial charge in [0.15, 0.2) is 0 Å².